The molecule has 1 aliphatic carbocycles. The van der Waals surface area contributed by atoms with Crippen molar-refractivity contribution in [3.05, 3.63) is 35.6 Å². The lowest BCUT2D eigenvalue weighted by Crippen LogP contribution is -2.36. The maximum Gasteiger partial charge on any atom is 0.127 e. The van der Waals surface area contributed by atoms with Crippen molar-refractivity contribution < 1.29 is 4.39 Å². The van der Waals surface area contributed by atoms with Crippen LogP contribution in [0.5, 0.6) is 0 Å². The number of benzene rings is 1. The molecular formula is C16H24FN. The van der Waals surface area contributed by atoms with Crippen molar-refractivity contribution in [2.45, 2.75) is 58.0 Å². The lowest BCUT2D eigenvalue weighted by molar-refractivity contribution is 0.264. The first-order valence-electron chi connectivity index (χ1n) is 7.21. The average Bonchev–Trinajstić information content (AvgIpc) is 2.39. The van der Waals surface area contributed by atoms with Crippen molar-refractivity contribution >= 4 is 0 Å². The molecule has 0 aliphatic heterocycles. The van der Waals surface area contributed by atoms with Crippen LogP contribution < -0.4 is 5.32 Å². The van der Waals surface area contributed by atoms with Crippen molar-refractivity contribution in [1.82, 2.24) is 5.32 Å². The Labute approximate surface area is 110 Å². The second-order valence-corrected chi connectivity index (χ2v) is 5.55. The SMILES string of the molecule is CCC1CCCC(N[C@H](C)c2ccccc2F)C1. The first-order chi connectivity index (χ1) is 8.70. The van der Waals surface area contributed by atoms with Gasteiger partial charge in [-0.2, -0.15) is 0 Å². The molecule has 1 aliphatic rings. The smallest absolute Gasteiger partial charge is 0.127 e. The minimum absolute atomic E-state index is 0.0969. The van der Waals surface area contributed by atoms with E-state index in [0.717, 1.165) is 11.5 Å². The molecule has 0 saturated heterocycles. The maximum absolute atomic E-state index is 13.7. The molecule has 1 fully saturated rings. The highest BCUT2D eigenvalue weighted by atomic mass is 19.1. The molecule has 100 valence electrons. The molecule has 0 bridgehead atoms. The van der Waals surface area contributed by atoms with Gasteiger partial charge in [-0.05, 0) is 31.7 Å². The summed E-state index contributed by atoms with van der Waals surface area (Å²) in [6, 6.07) is 7.74. The van der Waals surface area contributed by atoms with Gasteiger partial charge in [0, 0.05) is 17.6 Å². The van der Waals surface area contributed by atoms with Gasteiger partial charge in [-0.15, -0.1) is 0 Å². The minimum Gasteiger partial charge on any atom is -0.307 e. The highest BCUT2D eigenvalue weighted by Gasteiger charge is 2.22. The highest BCUT2D eigenvalue weighted by Crippen LogP contribution is 2.28. The molecule has 3 atom stereocenters. The normalized spacial score (nSPS) is 25.9. The standard InChI is InChI=1S/C16H24FN/c1-3-13-7-6-8-14(11-13)18-12(2)15-9-4-5-10-16(15)17/h4-5,9-10,12-14,18H,3,6-8,11H2,1-2H3/t12-,13?,14?/m1/s1. The summed E-state index contributed by atoms with van der Waals surface area (Å²) in [7, 11) is 0. The Balaban J connectivity index is 1.95. The Morgan fingerprint density at radius 3 is 2.83 bits per heavy atom. The van der Waals surface area contributed by atoms with Gasteiger partial charge in [0.25, 0.3) is 0 Å². The molecule has 0 amide bonds. The average molecular weight is 249 g/mol. The fourth-order valence-corrected chi connectivity index (χ4v) is 3.08. The van der Waals surface area contributed by atoms with Crippen LogP contribution in [0.3, 0.4) is 0 Å². The largest absolute Gasteiger partial charge is 0.307 e. The molecule has 18 heavy (non-hydrogen) atoms. The van der Waals surface area contributed by atoms with E-state index >= 15 is 0 Å². The van der Waals surface area contributed by atoms with Gasteiger partial charge in [0.1, 0.15) is 5.82 Å². The number of hydrogen-bond donors (Lipinski definition) is 1. The van der Waals surface area contributed by atoms with Gasteiger partial charge in [-0.1, -0.05) is 44.4 Å². The van der Waals surface area contributed by atoms with E-state index in [1.54, 1.807) is 12.1 Å². The van der Waals surface area contributed by atoms with Crippen LogP contribution in [0.1, 0.15) is 57.6 Å². The van der Waals surface area contributed by atoms with Gasteiger partial charge in [-0.3, -0.25) is 0 Å². The van der Waals surface area contributed by atoms with Crippen molar-refractivity contribution in [2.75, 3.05) is 0 Å². The van der Waals surface area contributed by atoms with Crippen molar-refractivity contribution in [3.8, 4) is 0 Å². The van der Waals surface area contributed by atoms with Crippen molar-refractivity contribution in [2.24, 2.45) is 5.92 Å². The summed E-state index contributed by atoms with van der Waals surface area (Å²) in [5, 5.41) is 3.60. The van der Waals surface area contributed by atoms with Gasteiger partial charge in [-0.25, -0.2) is 4.39 Å². The van der Waals surface area contributed by atoms with Crippen LogP contribution in [0.4, 0.5) is 4.39 Å². The number of halogens is 1. The first kappa shape index (κ1) is 13.5. The van der Waals surface area contributed by atoms with E-state index in [1.165, 1.54) is 32.1 Å². The van der Waals surface area contributed by atoms with E-state index in [9.17, 15) is 4.39 Å². The lowest BCUT2D eigenvalue weighted by atomic mass is 9.84. The zero-order valence-electron chi connectivity index (χ0n) is 11.5. The van der Waals surface area contributed by atoms with Crippen LogP contribution in [-0.2, 0) is 0 Å². The molecular weight excluding hydrogens is 225 g/mol. The molecule has 2 heteroatoms. The molecule has 0 radical (unpaired) electrons. The third-order valence-corrected chi connectivity index (χ3v) is 4.22. The molecule has 2 rings (SSSR count). The van der Waals surface area contributed by atoms with Crippen LogP contribution in [0.15, 0.2) is 24.3 Å². The zero-order valence-corrected chi connectivity index (χ0v) is 11.5. The van der Waals surface area contributed by atoms with Gasteiger partial charge in [0.15, 0.2) is 0 Å². The molecule has 0 spiro atoms. The number of hydrogen-bond acceptors (Lipinski definition) is 1. The maximum atomic E-state index is 13.7. The van der Waals surface area contributed by atoms with Crippen molar-refractivity contribution in [3.63, 3.8) is 0 Å². The number of nitrogens with one attached hydrogen (secondary N) is 1. The van der Waals surface area contributed by atoms with Crippen LogP contribution in [-0.4, -0.2) is 6.04 Å². The summed E-state index contributed by atoms with van der Waals surface area (Å²) in [6.07, 6.45) is 6.42. The Morgan fingerprint density at radius 1 is 1.33 bits per heavy atom. The minimum atomic E-state index is -0.0969. The van der Waals surface area contributed by atoms with E-state index in [0.29, 0.717) is 6.04 Å². The van der Waals surface area contributed by atoms with E-state index in [2.05, 4.69) is 19.2 Å². The van der Waals surface area contributed by atoms with Crippen LogP contribution in [0.25, 0.3) is 0 Å². The van der Waals surface area contributed by atoms with E-state index in [4.69, 9.17) is 0 Å². The molecule has 1 nitrogen and oxygen atoms in total. The second-order valence-electron chi connectivity index (χ2n) is 5.55. The summed E-state index contributed by atoms with van der Waals surface area (Å²) in [4.78, 5) is 0. The van der Waals surface area contributed by atoms with E-state index in [1.807, 2.05) is 12.1 Å². The third kappa shape index (κ3) is 3.32. The van der Waals surface area contributed by atoms with Crippen LogP contribution in [0.2, 0.25) is 0 Å². The second kappa shape index (κ2) is 6.33. The molecule has 1 N–H and O–H groups in total. The van der Waals surface area contributed by atoms with Gasteiger partial charge < -0.3 is 5.32 Å². The summed E-state index contributed by atoms with van der Waals surface area (Å²) in [5.74, 6) is 0.754. The Bertz CT molecular complexity index is 377. The summed E-state index contributed by atoms with van der Waals surface area (Å²) < 4.78 is 13.7. The van der Waals surface area contributed by atoms with Gasteiger partial charge in [0.05, 0.1) is 0 Å². The lowest BCUT2D eigenvalue weighted by Gasteiger charge is -2.31. The van der Waals surface area contributed by atoms with Crippen molar-refractivity contribution in [1.29, 1.82) is 0 Å². The Morgan fingerprint density at radius 2 is 2.11 bits per heavy atom. The topological polar surface area (TPSA) is 12.0 Å². The fraction of sp³-hybridized carbons (Fsp3) is 0.625. The summed E-state index contributed by atoms with van der Waals surface area (Å²) in [5.41, 5.74) is 0.788. The van der Waals surface area contributed by atoms with Crippen LogP contribution in [0, 0.1) is 11.7 Å². The predicted octanol–water partition coefficient (Wildman–Crippen LogP) is 4.45. The molecule has 0 heterocycles. The molecule has 0 aromatic heterocycles. The molecule has 2 unspecified atom stereocenters. The Kier molecular flexibility index (Phi) is 4.76. The molecule has 1 aromatic carbocycles. The number of rotatable bonds is 4. The van der Waals surface area contributed by atoms with E-state index in [-0.39, 0.29) is 11.9 Å². The monoisotopic (exact) mass is 249 g/mol. The first-order valence-corrected chi connectivity index (χ1v) is 7.21. The van der Waals surface area contributed by atoms with Crippen LogP contribution >= 0.6 is 0 Å². The fourth-order valence-electron chi connectivity index (χ4n) is 3.08. The van der Waals surface area contributed by atoms with Gasteiger partial charge in [0.2, 0.25) is 0 Å². The highest BCUT2D eigenvalue weighted by molar-refractivity contribution is 5.20. The third-order valence-electron chi connectivity index (χ3n) is 4.22. The summed E-state index contributed by atoms with van der Waals surface area (Å²) >= 11 is 0. The zero-order chi connectivity index (χ0) is 13.0. The summed E-state index contributed by atoms with van der Waals surface area (Å²) in [6.45, 7) is 4.33. The Hall–Kier alpha value is -0.890. The quantitative estimate of drug-likeness (QED) is 0.831. The van der Waals surface area contributed by atoms with E-state index < -0.39 is 0 Å². The predicted molar refractivity (Wildman–Crippen MR) is 74.0 cm³/mol. The molecule has 1 saturated carbocycles. The van der Waals surface area contributed by atoms with Gasteiger partial charge >= 0.3 is 0 Å². The molecule has 1 aromatic rings.